The number of rotatable bonds is 4. The molecule has 1 aliphatic heterocycles. The molecule has 162 valence electrons. The third kappa shape index (κ3) is 3.89. The van der Waals surface area contributed by atoms with Gasteiger partial charge in [-0.05, 0) is 30.3 Å². The van der Waals surface area contributed by atoms with Crippen molar-refractivity contribution >= 4 is 51.0 Å². The number of halogens is 1. The lowest BCUT2D eigenvalue weighted by Gasteiger charge is -2.40. The summed E-state index contributed by atoms with van der Waals surface area (Å²) in [6.07, 6.45) is 8.28. The summed E-state index contributed by atoms with van der Waals surface area (Å²) in [5.74, 6) is 0.921. The van der Waals surface area contributed by atoms with Crippen molar-refractivity contribution < 1.29 is 9.90 Å². The number of phenols is 1. The lowest BCUT2D eigenvalue weighted by molar-refractivity contribution is -0.116. The first-order valence-corrected chi connectivity index (χ1v) is 12.6. The van der Waals surface area contributed by atoms with Crippen molar-refractivity contribution in [1.29, 1.82) is 0 Å². The number of aromatic hydroxyl groups is 1. The number of thioether (sulfide) groups is 2. The number of amides is 1. The maximum atomic E-state index is 13.4. The monoisotopic (exact) mass is 526 g/mol. The van der Waals surface area contributed by atoms with Crippen LogP contribution in [0.1, 0.15) is 0 Å². The zero-order valence-electron chi connectivity index (χ0n) is 17.1. The minimum Gasteiger partial charge on any atom is -0.507 e. The predicted molar refractivity (Wildman–Crippen MR) is 132 cm³/mol. The van der Waals surface area contributed by atoms with Gasteiger partial charge in [-0.25, -0.2) is 0 Å². The van der Waals surface area contributed by atoms with E-state index in [-0.39, 0.29) is 28.7 Å². The van der Waals surface area contributed by atoms with Gasteiger partial charge in [-0.1, -0.05) is 64.1 Å². The van der Waals surface area contributed by atoms with E-state index < -0.39 is 0 Å². The highest BCUT2D eigenvalue weighted by Gasteiger charge is 2.36. The maximum Gasteiger partial charge on any atom is 0.238 e. The summed E-state index contributed by atoms with van der Waals surface area (Å²) in [6, 6.07) is 13.2. The zero-order chi connectivity index (χ0) is 22.2. The average molecular weight is 527 g/mol. The van der Waals surface area contributed by atoms with Gasteiger partial charge in [0.1, 0.15) is 5.75 Å². The zero-order valence-corrected chi connectivity index (χ0v) is 20.3. The molecule has 1 N–H and O–H groups in total. The van der Waals surface area contributed by atoms with Gasteiger partial charge in [0.05, 0.1) is 28.3 Å². The lowest BCUT2D eigenvalue weighted by atomic mass is 10.0. The molecule has 1 amide bonds. The van der Waals surface area contributed by atoms with Gasteiger partial charge in [-0.3, -0.25) is 4.79 Å². The summed E-state index contributed by atoms with van der Waals surface area (Å²) >= 11 is 6.56. The molecule has 0 saturated heterocycles. The van der Waals surface area contributed by atoms with E-state index in [1.54, 1.807) is 34.5 Å². The standard InChI is InChI=1S/C23H19BrN4O2S2/c1-27-22(15-12-14(24)10-11-18(15)29)25-26-23(27)31-13-21(30)28-16-6-2-4-8-19(16)32-20-9-5-3-7-17(20)28/h2-12,16,19,29H,13H2,1H3/t16-,19-/m1/s1. The molecule has 3 aromatic rings. The third-order valence-corrected chi connectivity index (χ3v) is 8.18. The molecule has 5 rings (SSSR count). The molecule has 0 radical (unpaired) electrons. The Morgan fingerprint density at radius 1 is 1.19 bits per heavy atom. The van der Waals surface area contributed by atoms with E-state index in [0.717, 1.165) is 15.1 Å². The first kappa shape index (κ1) is 21.4. The average Bonchev–Trinajstić information content (AvgIpc) is 3.17. The van der Waals surface area contributed by atoms with Crippen molar-refractivity contribution in [1.82, 2.24) is 14.8 Å². The predicted octanol–water partition coefficient (Wildman–Crippen LogP) is 5.04. The Labute approximate surface area is 202 Å². The molecule has 2 aliphatic rings. The lowest BCUT2D eigenvalue weighted by Crippen LogP contribution is -2.48. The highest BCUT2D eigenvalue weighted by atomic mass is 79.9. The summed E-state index contributed by atoms with van der Waals surface area (Å²) in [5.41, 5.74) is 1.53. The van der Waals surface area contributed by atoms with Crippen LogP contribution in [0.25, 0.3) is 11.4 Å². The molecule has 0 unspecified atom stereocenters. The topological polar surface area (TPSA) is 71.2 Å². The summed E-state index contributed by atoms with van der Waals surface area (Å²) in [6.45, 7) is 0. The van der Waals surface area contributed by atoms with Crippen LogP contribution >= 0.6 is 39.5 Å². The molecule has 1 aromatic heterocycles. The number of benzene rings is 2. The fraction of sp³-hybridized carbons (Fsp3) is 0.174. The molecule has 32 heavy (non-hydrogen) atoms. The van der Waals surface area contributed by atoms with E-state index in [2.05, 4.69) is 44.3 Å². The van der Waals surface area contributed by atoms with Crippen LogP contribution in [0, 0.1) is 0 Å². The number of nitrogens with zero attached hydrogens (tertiary/aromatic N) is 4. The fourth-order valence-electron chi connectivity index (χ4n) is 3.84. The van der Waals surface area contributed by atoms with Gasteiger partial charge in [0.2, 0.25) is 5.91 Å². The van der Waals surface area contributed by atoms with E-state index in [1.807, 2.05) is 42.3 Å². The second kappa shape index (κ2) is 8.80. The van der Waals surface area contributed by atoms with Crippen molar-refractivity contribution in [2.45, 2.75) is 21.3 Å². The van der Waals surface area contributed by atoms with Crippen molar-refractivity contribution in [2.24, 2.45) is 7.05 Å². The first-order chi connectivity index (χ1) is 15.5. The molecular formula is C23H19BrN4O2S2. The van der Waals surface area contributed by atoms with Crippen LogP contribution in [0.5, 0.6) is 5.75 Å². The van der Waals surface area contributed by atoms with Gasteiger partial charge < -0.3 is 14.6 Å². The molecule has 9 heteroatoms. The largest absolute Gasteiger partial charge is 0.507 e. The van der Waals surface area contributed by atoms with Crippen LogP contribution in [0.3, 0.4) is 0 Å². The summed E-state index contributed by atoms with van der Waals surface area (Å²) in [7, 11) is 1.83. The second-order valence-corrected chi connectivity index (χ2v) is 10.5. The number of allylic oxidation sites excluding steroid dienone is 2. The van der Waals surface area contributed by atoms with Crippen LogP contribution in [0.2, 0.25) is 0 Å². The Balaban J connectivity index is 1.38. The molecule has 1 aliphatic carbocycles. The number of carbonyl (C=O) groups excluding carboxylic acids is 1. The minimum atomic E-state index is -0.0123. The van der Waals surface area contributed by atoms with Crippen molar-refractivity contribution in [3.63, 3.8) is 0 Å². The highest BCUT2D eigenvalue weighted by molar-refractivity contribution is 9.10. The van der Waals surface area contributed by atoms with E-state index in [0.29, 0.717) is 16.5 Å². The minimum absolute atomic E-state index is 0.0123. The van der Waals surface area contributed by atoms with Gasteiger partial charge in [-0.2, -0.15) is 0 Å². The Hall–Kier alpha value is -2.49. The van der Waals surface area contributed by atoms with Crippen molar-refractivity contribution in [2.75, 3.05) is 10.7 Å². The highest BCUT2D eigenvalue weighted by Crippen LogP contribution is 2.43. The summed E-state index contributed by atoms with van der Waals surface area (Å²) in [5, 5.41) is 19.5. The molecule has 6 nitrogen and oxygen atoms in total. The number of hydrogen-bond acceptors (Lipinski definition) is 6. The maximum absolute atomic E-state index is 13.4. The second-order valence-electron chi connectivity index (χ2n) is 7.39. The number of fused-ring (bicyclic) bond motifs is 2. The van der Waals surface area contributed by atoms with Gasteiger partial charge >= 0.3 is 0 Å². The number of aromatic nitrogens is 3. The molecule has 0 fully saturated rings. The molecule has 0 bridgehead atoms. The van der Waals surface area contributed by atoms with E-state index in [4.69, 9.17) is 0 Å². The van der Waals surface area contributed by atoms with E-state index in [9.17, 15) is 9.90 Å². The van der Waals surface area contributed by atoms with Crippen LogP contribution < -0.4 is 4.90 Å². The molecular weight excluding hydrogens is 508 g/mol. The summed E-state index contributed by atoms with van der Waals surface area (Å²) in [4.78, 5) is 16.4. The van der Waals surface area contributed by atoms with Crippen molar-refractivity contribution in [3.8, 4) is 17.1 Å². The van der Waals surface area contributed by atoms with Crippen LogP contribution in [0.4, 0.5) is 5.69 Å². The van der Waals surface area contributed by atoms with Crippen LogP contribution in [0.15, 0.2) is 81.3 Å². The number of phenolic OH excluding ortho intramolecular Hbond substituents is 1. The van der Waals surface area contributed by atoms with Gasteiger partial charge in [0.25, 0.3) is 0 Å². The number of hydrogen-bond donors (Lipinski definition) is 1. The SMILES string of the molecule is Cn1c(SCC(=O)N2c3ccccc3S[C@@H]3C=CC=C[C@H]32)nnc1-c1cc(Br)ccc1O. The molecule has 2 aromatic carbocycles. The number of anilines is 1. The number of carbonyl (C=O) groups is 1. The van der Waals surface area contributed by atoms with Crippen LogP contribution in [-0.2, 0) is 11.8 Å². The Kier molecular flexibility index (Phi) is 5.88. The van der Waals surface area contributed by atoms with Crippen molar-refractivity contribution in [3.05, 3.63) is 71.2 Å². The molecule has 0 spiro atoms. The quantitative estimate of drug-likeness (QED) is 0.480. The molecule has 0 saturated carbocycles. The molecule has 2 atom stereocenters. The normalized spacial score (nSPS) is 19.0. The third-order valence-electron chi connectivity index (χ3n) is 5.37. The smallest absolute Gasteiger partial charge is 0.238 e. The van der Waals surface area contributed by atoms with E-state index >= 15 is 0 Å². The van der Waals surface area contributed by atoms with Gasteiger partial charge in [-0.15, -0.1) is 22.0 Å². The Morgan fingerprint density at radius 2 is 2.00 bits per heavy atom. The number of para-hydroxylation sites is 1. The Morgan fingerprint density at radius 3 is 2.88 bits per heavy atom. The molecule has 2 heterocycles. The van der Waals surface area contributed by atoms with Gasteiger partial charge in [0, 0.05) is 16.4 Å². The first-order valence-electron chi connectivity index (χ1n) is 9.97. The van der Waals surface area contributed by atoms with Gasteiger partial charge in [0.15, 0.2) is 11.0 Å². The van der Waals surface area contributed by atoms with Crippen LogP contribution in [-0.4, -0.2) is 42.8 Å². The summed E-state index contributed by atoms with van der Waals surface area (Å²) < 4.78 is 2.63. The van der Waals surface area contributed by atoms with E-state index in [1.165, 1.54) is 11.8 Å². The Bertz CT molecular complexity index is 1260. The fourth-order valence-corrected chi connectivity index (χ4v) is 6.23.